The molecule has 3 N–H and O–H groups in total. The number of aliphatic imine (C=N–C) groups is 1. The van der Waals surface area contributed by atoms with Crippen molar-refractivity contribution in [2.24, 2.45) is 4.99 Å². The van der Waals surface area contributed by atoms with Crippen LogP contribution in [0.25, 0.3) is 0 Å². The third kappa shape index (κ3) is 9.53. The molecular weight excluding hydrogens is 392 g/mol. The highest BCUT2D eigenvalue weighted by Gasteiger charge is 2.04. The van der Waals surface area contributed by atoms with E-state index in [4.69, 9.17) is 9.47 Å². The summed E-state index contributed by atoms with van der Waals surface area (Å²) in [6.45, 7) is 6.53. The number of hydrogen-bond donors (Lipinski definition) is 3. The number of rotatable bonds is 12. The number of nitrogens with zero attached hydrogens (tertiary/aromatic N) is 1. The Kier molecular flexibility index (Phi) is 11.0. The third-order valence-corrected chi connectivity index (χ3v) is 4.31. The van der Waals surface area contributed by atoms with Crippen molar-refractivity contribution in [2.45, 2.75) is 39.7 Å². The number of nitrogens with one attached hydrogen (secondary N) is 3. The van der Waals surface area contributed by atoms with Gasteiger partial charge in [0.25, 0.3) is 0 Å². The molecule has 2 rings (SSSR count). The predicted octanol–water partition coefficient (Wildman–Crippen LogP) is 4.42. The first-order valence-corrected chi connectivity index (χ1v) is 10.8. The van der Waals surface area contributed by atoms with Crippen molar-refractivity contribution in [3.05, 3.63) is 54.1 Å². The number of benzene rings is 2. The number of carbonyl (C=O) groups is 1. The van der Waals surface area contributed by atoms with Gasteiger partial charge in [0, 0.05) is 50.5 Å². The summed E-state index contributed by atoms with van der Waals surface area (Å²) in [6, 6.07) is 15.6. The highest BCUT2D eigenvalue weighted by atomic mass is 16.5. The molecule has 0 aliphatic heterocycles. The Labute approximate surface area is 185 Å². The number of methoxy groups -OCH3 is 1. The molecule has 0 saturated carbocycles. The van der Waals surface area contributed by atoms with Gasteiger partial charge in [0.2, 0.25) is 5.91 Å². The molecule has 0 spiro atoms. The van der Waals surface area contributed by atoms with Crippen LogP contribution in [0.2, 0.25) is 0 Å². The molecule has 1 amide bonds. The maximum Gasteiger partial charge on any atom is 0.224 e. The van der Waals surface area contributed by atoms with E-state index >= 15 is 0 Å². The fourth-order valence-corrected chi connectivity index (χ4v) is 2.87. The average Bonchev–Trinajstić information content (AvgIpc) is 2.76. The van der Waals surface area contributed by atoms with Gasteiger partial charge < -0.3 is 25.4 Å². The minimum absolute atomic E-state index is 0.0301. The second kappa shape index (κ2) is 14.0. The highest BCUT2D eigenvalue weighted by Crippen LogP contribution is 2.18. The lowest BCUT2D eigenvalue weighted by molar-refractivity contribution is -0.116. The Balaban J connectivity index is 2.00. The van der Waals surface area contributed by atoms with E-state index in [0.29, 0.717) is 32.1 Å². The fourth-order valence-electron chi connectivity index (χ4n) is 2.87. The van der Waals surface area contributed by atoms with E-state index in [2.05, 4.69) is 20.9 Å². The van der Waals surface area contributed by atoms with Crippen LogP contribution in [0.15, 0.2) is 53.5 Å². The zero-order valence-electron chi connectivity index (χ0n) is 18.7. The minimum Gasteiger partial charge on any atom is -0.493 e. The molecule has 0 aromatic heterocycles. The Morgan fingerprint density at radius 3 is 2.52 bits per heavy atom. The number of amides is 1. The molecular formula is C24H34N4O3. The van der Waals surface area contributed by atoms with Crippen molar-refractivity contribution in [3.63, 3.8) is 0 Å². The Hall–Kier alpha value is -3.06. The van der Waals surface area contributed by atoms with Crippen LogP contribution in [0, 0.1) is 0 Å². The molecule has 0 bridgehead atoms. The number of ether oxygens (including phenoxy) is 2. The lowest BCUT2D eigenvalue weighted by Gasteiger charge is -2.13. The van der Waals surface area contributed by atoms with Crippen molar-refractivity contribution in [3.8, 4) is 5.75 Å². The average molecular weight is 427 g/mol. The van der Waals surface area contributed by atoms with Crippen LogP contribution in [0.3, 0.4) is 0 Å². The van der Waals surface area contributed by atoms with E-state index in [-0.39, 0.29) is 5.91 Å². The zero-order chi connectivity index (χ0) is 22.3. The summed E-state index contributed by atoms with van der Waals surface area (Å²) in [5, 5.41) is 9.50. The van der Waals surface area contributed by atoms with E-state index in [0.717, 1.165) is 42.1 Å². The maximum absolute atomic E-state index is 11.8. The van der Waals surface area contributed by atoms with E-state index < -0.39 is 0 Å². The lowest BCUT2D eigenvalue weighted by Crippen LogP contribution is -2.30. The molecule has 0 atom stereocenters. The molecule has 2 aromatic carbocycles. The normalized spacial score (nSPS) is 11.1. The molecule has 7 nitrogen and oxygen atoms in total. The second-order valence-electron chi connectivity index (χ2n) is 7.04. The minimum atomic E-state index is 0.0301. The van der Waals surface area contributed by atoms with Crippen molar-refractivity contribution in [1.82, 2.24) is 5.32 Å². The van der Waals surface area contributed by atoms with Gasteiger partial charge in [-0.3, -0.25) is 4.79 Å². The van der Waals surface area contributed by atoms with Crippen LogP contribution in [0.5, 0.6) is 5.75 Å². The predicted molar refractivity (Wildman–Crippen MR) is 127 cm³/mol. The Bertz CT molecular complexity index is 839. The van der Waals surface area contributed by atoms with Crippen LogP contribution in [-0.2, 0) is 16.1 Å². The van der Waals surface area contributed by atoms with Crippen LogP contribution in [-0.4, -0.2) is 38.7 Å². The molecule has 0 unspecified atom stereocenters. The van der Waals surface area contributed by atoms with Gasteiger partial charge in [-0.25, -0.2) is 4.99 Å². The molecule has 0 saturated heterocycles. The Morgan fingerprint density at radius 1 is 1.00 bits per heavy atom. The van der Waals surface area contributed by atoms with Gasteiger partial charge in [-0.2, -0.15) is 0 Å². The number of hydrogen-bond acceptors (Lipinski definition) is 4. The summed E-state index contributed by atoms with van der Waals surface area (Å²) in [5.74, 6) is 1.51. The fraction of sp³-hybridized carbons (Fsp3) is 0.417. The molecule has 0 aliphatic carbocycles. The van der Waals surface area contributed by atoms with Gasteiger partial charge in [0.15, 0.2) is 5.96 Å². The van der Waals surface area contributed by atoms with E-state index in [1.807, 2.05) is 62.4 Å². The quantitative estimate of drug-likeness (QED) is 0.266. The van der Waals surface area contributed by atoms with Crippen molar-refractivity contribution >= 4 is 23.2 Å². The lowest BCUT2D eigenvalue weighted by atomic mass is 10.2. The molecule has 0 heterocycles. The summed E-state index contributed by atoms with van der Waals surface area (Å²) in [7, 11) is 1.69. The molecule has 0 fully saturated rings. The van der Waals surface area contributed by atoms with Gasteiger partial charge in [0.05, 0.1) is 13.2 Å². The number of anilines is 2. The van der Waals surface area contributed by atoms with Crippen LogP contribution in [0.4, 0.5) is 11.4 Å². The SMILES string of the molecule is CCCC(=O)Nc1cccc(CN=C(NCC)Nc2cccc(OCCCOC)c2)c1. The molecule has 2 aromatic rings. The van der Waals surface area contributed by atoms with Crippen molar-refractivity contribution < 1.29 is 14.3 Å². The van der Waals surface area contributed by atoms with Crippen LogP contribution >= 0.6 is 0 Å². The van der Waals surface area contributed by atoms with Gasteiger partial charge in [-0.05, 0) is 43.2 Å². The van der Waals surface area contributed by atoms with Crippen molar-refractivity contribution in [1.29, 1.82) is 0 Å². The second-order valence-corrected chi connectivity index (χ2v) is 7.04. The number of carbonyl (C=O) groups excluding carboxylic acids is 1. The summed E-state index contributed by atoms with van der Waals surface area (Å²) in [6.07, 6.45) is 2.19. The molecule has 168 valence electrons. The summed E-state index contributed by atoms with van der Waals surface area (Å²) in [4.78, 5) is 16.5. The van der Waals surface area contributed by atoms with E-state index in [1.54, 1.807) is 7.11 Å². The summed E-state index contributed by atoms with van der Waals surface area (Å²) in [5.41, 5.74) is 2.70. The molecule has 7 heteroatoms. The van der Waals surface area contributed by atoms with Crippen LogP contribution in [0.1, 0.15) is 38.7 Å². The standard InChI is InChI=1S/C24H34N4O3/c1-4-9-23(29)27-20-11-6-10-19(16-20)18-26-24(25-5-2)28-21-12-7-13-22(17-21)31-15-8-14-30-3/h6-7,10-13,16-17H,4-5,8-9,14-15,18H2,1-3H3,(H,27,29)(H2,25,26,28). The molecule has 0 radical (unpaired) electrons. The zero-order valence-corrected chi connectivity index (χ0v) is 18.7. The van der Waals surface area contributed by atoms with E-state index in [9.17, 15) is 4.79 Å². The number of guanidine groups is 1. The third-order valence-electron chi connectivity index (χ3n) is 4.31. The van der Waals surface area contributed by atoms with Gasteiger partial charge >= 0.3 is 0 Å². The molecule has 0 aliphatic rings. The van der Waals surface area contributed by atoms with Gasteiger partial charge in [-0.1, -0.05) is 25.1 Å². The summed E-state index contributed by atoms with van der Waals surface area (Å²) < 4.78 is 10.8. The topological polar surface area (TPSA) is 84.0 Å². The largest absolute Gasteiger partial charge is 0.493 e. The Morgan fingerprint density at radius 2 is 1.77 bits per heavy atom. The smallest absolute Gasteiger partial charge is 0.224 e. The van der Waals surface area contributed by atoms with Crippen molar-refractivity contribution in [2.75, 3.05) is 37.5 Å². The maximum atomic E-state index is 11.8. The molecule has 31 heavy (non-hydrogen) atoms. The van der Waals surface area contributed by atoms with Gasteiger partial charge in [0.1, 0.15) is 5.75 Å². The summed E-state index contributed by atoms with van der Waals surface area (Å²) >= 11 is 0. The highest BCUT2D eigenvalue weighted by molar-refractivity contribution is 5.94. The first-order valence-electron chi connectivity index (χ1n) is 10.8. The monoisotopic (exact) mass is 426 g/mol. The van der Waals surface area contributed by atoms with E-state index in [1.165, 1.54) is 0 Å². The first kappa shape index (κ1) is 24.2. The first-order chi connectivity index (χ1) is 15.1. The van der Waals surface area contributed by atoms with Crippen LogP contribution < -0.4 is 20.7 Å². The van der Waals surface area contributed by atoms with Gasteiger partial charge in [-0.15, -0.1) is 0 Å².